The first-order valence-electron chi connectivity index (χ1n) is 9.93. The Morgan fingerprint density at radius 1 is 1.21 bits per heavy atom. The molecule has 1 amide bonds. The highest BCUT2D eigenvalue weighted by molar-refractivity contribution is 5.95. The number of aromatic nitrogens is 2. The number of anilines is 1. The van der Waals surface area contributed by atoms with Crippen molar-refractivity contribution in [1.82, 2.24) is 14.5 Å². The van der Waals surface area contributed by atoms with Crippen LogP contribution in [0.2, 0.25) is 0 Å². The number of nitrogens with one attached hydrogen (secondary N) is 1. The number of halogens is 1. The van der Waals surface area contributed by atoms with Gasteiger partial charge in [-0.2, -0.15) is 0 Å². The Balaban J connectivity index is 1.69. The molecule has 0 radical (unpaired) electrons. The average Bonchev–Trinajstić information content (AvgIpc) is 3.13. The number of fused-ring (bicyclic) bond motifs is 1. The molecule has 3 aromatic rings. The molecule has 4 rings (SSSR count). The zero-order chi connectivity index (χ0) is 20.4. The lowest BCUT2D eigenvalue weighted by atomic mass is 9.99. The quantitative estimate of drug-likeness (QED) is 0.703. The summed E-state index contributed by atoms with van der Waals surface area (Å²) in [6.45, 7) is 5.56. The molecule has 1 unspecified atom stereocenters. The monoisotopic (exact) mass is 392 g/mol. The Kier molecular flexibility index (Phi) is 5.45. The van der Waals surface area contributed by atoms with Crippen LogP contribution < -0.4 is 5.32 Å². The van der Waals surface area contributed by atoms with E-state index in [0.29, 0.717) is 12.2 Å². The fourth-order valence-corrected chi connectivity index (χ4v) is 3.92. The molecular formula is C23H25FN4O. The van der Waals surface area contributed by atoms with Crippen LogP contribution in [0.3, 0.4) is 0 Å². The third-order valence-electron chi connectivity index (χ3n) is 5.30. The summed E-state index contributed by atoms with van der Waals surface area (Å²) in [5.41, 5.74) is 3.49. The van der Waals surface area contributed by atoms with Gasteiger partial charge in [-0.25, -0.2) is 9.37 Å². The second kappa shape index (κ2) is 8.17. The third-order valence-corrected chi connectivity index (χ3v) is 5.30. The predicted octanol–water partition coefficient (Wildman–Crippen LogP) is 4.34. The van der Waals surface area contributed by atoms with Gasteiger partial charge >= 0.3 is 0 Å². The molecule has 2 aromatic carbocycles. The zero-order valence-corrected chi connectivity index (χ0v) is 16.7. The molecule has 0 saturated heterocycles. The van der Waals surface area contributed by atoms with Crippen LogP contribution in [0.4, 0.5) is 10.1 Å². The highest BCUT2D eigenvalue weighted by atomic mass is 19.1. The van der Waals surface area contributed by atoms with Crippen molar-refractivity contribution in [3.63, 3.8) is 0 Å². The topological polar surface area (TPSA) is 50.2 Å². The van der Waals surface area contributed by atoms with Crippen LogP contribution in [0, 0.1) is 5.82 Å². The molecule has 0 fully saturated rings. The van der Waals surface area contributed by atoms with Crippen molar-refractivity contribution < 1.29 is 9.18 Å². The number of carbonyl (C=O) groups excluding carboxylic acids is 1. The second-order valence-corrected chi connectivity index (χ2v) is 7.69. The third kappa shape index (κ3) is 4.07. The molecule has 150 valence electrons. The van der Waals surface area contributed by atoms with E-state index in [0.717, 1.165) is 29.9 Å². The lowest BCUT2D eigenvalue weighted by Crippen LogP contribution is -2.42. The predicted molar refractivity (Wildman–Crippen MR) is 111 cm³/mol. The number of hydrogen-bond donors (Lipinski definition) is 1. The Labute approximate surface area is 170 Å². The molecule has 1 aliphatic heterocycles. The number of imidazole rings is 1. The lowest BCUT2D eigenvalue weighted by Gasteiger charge is -2.36. The van der Waals surface area contributed by atoms with E-state index in [9.17, 15) is 9.18 Å². The van der Waals surface area contributed by atoms with Gasteiger partial charge in [0.2, 0.25) is 5.91 Å². The summed E-state index contributed by atoms with van der Waals surface area (Å²) >= 11 is 0. The van der Waals surface area contributed by atoms with Crippen LogP contribution in [0.25, 0.3) is 0 Å². The Morgan fingerprint density at radius 2 is 2.00 bits per heavy atom. The summed E-state index contributed by atoms with van der Waals surface area (Å²) in [6, 6.07) is 15.8. The van der Waals surface area contributed by atoms with Crippen molar-refractivity contribution >= 4 is 11.6 Å². The summed E-state index contributed by atoms with van der Waals surface area (Å²) in [5.74, 6) is -0.546. The van der Waals surface area contributed by atoms with E-state index in [1.165, 1.54) is 12.1 Å². The van der Waals surface area contributed by atoms with E-state index in [2.05, 4.69) is 45.7 Å². The van der Waals surface area contributed by atoms with E-state index in [1.54, 1.807) is 12.1 Å². The van der Waals surface area contributed by atoms with Crippen LogP contribution in [0.1, 0.15) is 42.9 Å². The molecule has 29 heavy (non-hydrogen) atoms. The minimum atomic E-state index is -0.493. The molecule has 0 spiro atoms. The minimum Gasteiger partial charge on any atom is -0.330 e. The van der Waals surface area contributed by atoms with Crippen LogP contribution in [0.15, 0.2) is 60.9 Å². The van der Waals surface area contributed by atoms with E-state index in [1.807, 2.05) is 24.5 Å². The van der Waals surface area contributed by atoms with Gasteiger partial charge in [-0.15, -0.1) is 0 Å². The molecule has 1 atom stereocenters. The highest BCUT2D eigenvalue weighted by Crippen LogP contribution is 2.33. The van der Waals surface area contributed by atoms with Crippen LogP contribution in [-0.4, -0.2) is 26.9 Å². The standard InChI is InChI=1S/C23H25FN4O/c1-16(2)28-15-25-20-11-12-27(14-17-7-4-3-5-8-17)22(21(20)28)23(29)26-19-10-6-9-18(24)13-19/h3-10,13,15-16,22H,11-12,14H2,1-2H3,(H,26,29). The highest BCUT2D eigenvalue weighted by Gasteiger charge is 2.37. The number of hydrogen-bond acceptors (Lipinski definition) is 3. The fraction of sp³-hybridized carbons (Fsp3) is 0.304. The second-order valence-electron chi connectivity index (χ2n) is 7.69. The SMILES string of the molecule is CC(C)n1cnc2c1C(C(=O)Nc1cccc(F)c1)N(Cc1ccccc1)CC2. The first kappa shape index (κ1) is 19.3. The number of benzene rings is 2. The van der Waals surface area contributed by atoms with Crippen molar-refractivity contribution in [2.75, 3.05) is 11.9 Å². The van der Waals surface area contributed by atoms with Crippen molar-refractivity contribution in [3.8, 4) is 0 Å². The van der Waals surface area contributed by atoms with E-state index < -0.39 is 6.04 Å². The van der Waals surface area contributed by atoms with Gasteiger partial charge in [0, 0.05) is 31.2 Å². The Morgan fingerprint density at radius 3 is 2.72 bits per heavy atom. The molecule has 1 aliphatic rings. The van der Waals surface area contributed by atoms with E-state index in [4.69, 9.17) is 0 Å². The van der Waals surface area contributed by atoms with Gasteiger partial charge in [0.05, 0.1) is 17.7 Å². The lowest BCUT2D eigenvalue weighted by molar-refractivity contribution is -0.122. The van der Waals surface area contributed by atoms with Crippen molar-refractivity contribution in [1.29, 1.82) is 0 Å². The molecular weight excluding hydrogens is 367 g/mol. The number of nitrogens with zero attached hydrogens (tertiary/aromatic N) is 3. The van der Waals surface area contributed by atoms with Gasteiger partial charge in [-0.05, 0) is 37.6 Å². The summed E-state index contributed by atoms with van der Waals surface area (Å²) in [5, 5.41) is 2.90. The number of rotatable bonds is 5. The van der Waals surface area contributed by atoms with Crippen LogP contribution >= 0.6 is 0 Å². The van der Waals surface area contributed by atoms with Gasteiger partial charge in [-0.1, -0.05) is 36.4 Å². The van der Waals surface area contributed by atoms with E-state index >= 15 is 0 Å². The summed E-state index contributed by atoms with van der Waals surface area (Å²) < 4.78 is 15.7. The molecule has 5 nitrogen and oxygen atoms in total. The molecule has 6 heteroatoms. The fourth-order valence-electron chi connectivity index (χ4n) is 3.92. The molecule has 0 bridgehead atoms. The van der Waals surface area contributed by atoms with Crippen LogP contribution in [0.5, 0.6) is 0 Å². The summed E-state index contributed by atoms with van der Waals surface area (Å²) in [4.78, 5) is 20.1. The minimum absolute atomic E-state index is 0.171. The largest absolute Gasteiger partial charge is 0.330 e. The van der Waals surface area contributed by atoms with Crippen LogP contribution in [-0.2, 0) is 17.8 Å². The van der Waals surface area contributed by atoms with Gasteiger partial charge < -0.3 is 9.88 Å². The molecule has 1 aromatic heterocycles. The molecule has 0 saturated carbocycles. The smallest absolute Gasteiger partial charge is 0.247 e. The summed E-state index contributed by atoms with van der Waals surface area (Å²) in [6.07, 6.45) is 2.62. The maximum absolute atomic E-state index is 13.6. The molecule has 1 N–H and O–H groups in total. The van der Waals surface area contributed by atoms with Gasteiger partial charge in [0.25, 0.3) is 0 Å². The van der Waals surface area contributed by atoms with Crippen molar-refractivity contribution in [2.24, 2.45) is 0 Å². The maximum Gasteiger partial charge on any atom is 0.247 e. The van der Waals surface area contributed by atoms with Gasteiger partial charge in [-0.3, -0.25) is 9.69 Å². The van der Waals surface area contributed by atoms with E-state index in [-0.39, 0.29) is 17.8 Å². The van der Waals surface area contributed by atoms with Gasteiger partial charge in [0.1, 0.15) is 11.9 Å². The normalized spacial score (nSPS) is 16.6. The number of carbonyl (C=O) groups is 1. The Bertz CT molecular complexity index is 999. The number of amides is 1. The average molecular weight is 392 g/mol. The van der Waals surface area contributed by atoms with Crippen molar-refractivity contribution in [3.05, 3.63) is 83.7 Å². The zero-order valence-electron chi connectivity index (χ0n) is 16.7. The first-order valence-corrected chi connectivity index (χ1v) is 9.93. The van der Waals surface area contributed by atoms with Gasteiger partial charge in [0.15, 0.2) is 0 Å². The molecule has 2 heterocycles. The molecule has 0 aliphatic carbocycles. The first-order chi connectivity index (χ1) is 14.0. The summed E-state index contributed by atoms with van der Waals surface area (Å²) in [7, 11) is 0. The maximum atomic E-state index is 13.6. The van der Waals surface area contributed by atoms with Crippen molar-refractivity contribution in [2.45, 2.75) is 38.9 Å². The Hall–Kier alpha value is -2.99.